The van der Waals surface area contributed by atoms with Crippen LogP contribution in [0.2, 0.25) is 0 Å². The highest BCUT2D eigenvalue weighted by Gasteiger charge is 2.23. The number of ether oxygens (including phenoxy) is 1. The number of carbonyl (C=O) groups is 1. The van der Waals surface area contributed by atoms with E-state index < -0.39 is 0 Å². The normalized spacial score (nSPS) is 18.9. The Balaban J connectivity index is 1.90. The topological polar surface area (TPSA) is 67.6 Å². The first kappa shape index (κ1) is 12.1. The number of carbonyl (C=O) groups excluding carboxylic acids is 1. The molecule has 1 aliphatic heterocycles. The van der Waals surface area contributed by atoms with Crippen molar-refractivity contribution < 1.29 is 14.1 Å². The average Bonchev–Trinajstić information content (AvgIpc) is 2.75. The smallest absolute Gasteiger partial charge is 0.242 e. The lowest BCUT2D eigenvalue weighted by molar-refractivity contribution is -0.122. The lowest BCUT2D eigenvalue weighted by atomic mass is 10.2. The maximum absolute atomic E-state index is 11.9. The second-order valence-electron chi connectivity index (χ2n) is 4.14. The van der Waals surface area contributed by atoms with Gasteiger partial charge in [0.15, 0.2) is 5.82 Å². The molecule has 1 aromatic rings. The quantitative estimate of drug-likeness (QED) is 0.838. The molecule has 1 fully saturated rings. The third-order valence-corrected chi connectivity index (χ3v) is 2.85. The number of rotatable bonds is 3. The van der Waals surface area contributed by atoms with Gasteiger partial charge in [0.05, 0.1) is 19.3 Å². The predicted octanol–water partition coefficient (Wildman–Crippen LogP) is 0.642. The minimum absolute atomic E-state index is 0.0693. The van der Waals surface area contributed by atoms with E-state index in [-0.39, 0.29) is 11.9 Å². The van der Waals surface area contributed by atoms with Crippen LogP contribution < -0.4 is 5.32 Å². The second-order valence-corrected chi connectivity index (χ2v) is 4.14. The van der Waals surface area contributed by atoms with Gasteiger partial charge in [0.2, 0.25) is 5.91 Å². The maximum Gasteiger partial charge on any atom is 0.242 e. The summed E-state index contributed by atoms with van der Waals surface area (Å²) in [6.07, 6.45) is 0. The molecule has 0 saturated carbocycles. The van der Waals surface area contributed by atoms with Crippen LogP contribution in [0.25, 0.3) is 0 Å². The largest absolute Gasteiger partial charge is 0.379 e. The molecule has 1 amide bonds. The first-order valence-corrected chi connectivity index (χ1v) is 5.73. The molecular formula is C11H17N3O3. The van der Waals surface area contributed by atoms with Gasteiger partial charge >= 0.3 is 0 Å². The summed E-state index contributed by atoms with van der Waals surface area (Å²) in [5.41, 5.74) is 0. The molecule has 17 heavy (non-hydrogen) atoms. The lowest BCUT2D eigenvalue weighted by Crippen LogP contribution is -2.47. The molecule has 0 bridgehead atoms. The molecular weight excluding hydrogens is 222 g/mol. The molecule has 1 atom stereocenters. The summed E-state index contributed by atoms with van der Waals surface area (Å²) >= 11 is 0. The zero-order valence-corrected chi connectivity index (χ0v) is 10.1. The van der Waals surface area contributed by atoms with Crippen LogP contribution in [-0.2, 0) is 9.53 Å². The van der Waals surface area contributed by atoms with E-state index in [4.69, 9.17) is 9.26 Å². The Bertz CT molecular complexity index is 385. The molecule has 0 aliphatic carbocycles. The van der Waals surface area contributed by atoms with Gasteiger partial charge < -0.3 is 14.6 Å². The fourth-order valence-electron chi connectivity index (χ4n) is 1.79. The Hall–Kier alpha value is -1.40. The van der Waals surface area contributed by atoms with E-state index in [1.54, 1.807) is 13.0 Å². The molecule has 2 heterocycles. The van der Waals surface area contributed by atoms with Gasteiger partial charge in [-0.05, 0) is 13.8 Å². The fourth-order valence-corrected chi connectivity index (χ4v) is 1.79. The summed E-state index contributed by atoms with van der Waals surface area (Å²) in [5, 5.41) is 6.47. The van der Waals surface area contributed by atoms with Crippen LogP contribution in [0.3, 0.4) is 0 Å². The van der Waals surface area contributed by atoms with Gasteiger partial charge in [-0.3, -0.25) is 9.69 Å². The molecule has 0 spiro atoms. The van der Waals surface area contributed by atoms with E-state index in [2.05, 4.69) is 15.4 Å². The molecule has 6 nitrogen and oxygen atoms in total. The number of hydrogen-bond donors (Lipinski definition) is 1. The Morgan fingerprint density at radius 1 is 1.53 bits per heavy atom. The van der Waals surface area contributed by atoms with Crippen LogP contribution in [-0.4, -0.2) is 48.3 Å². The number of aromatic nitrogens is 1. The standard InChI is InChI=1S/C11H17N3O3/c1-8-7-10(13-17-8)12-11(15)9(2)14-3-5-16-6-4-14/h7,9H,3-6H2,1-2H3,(H,12,13,15)/t9-/m0/s1. The third kappa shape index (κ3) is 3.04. The minimum atomic E-state index is -0.184. The van der Waals surface area contributed by atoms with E-state index >= 15 is 0 Å². The summed E-state index contributed by atoms with van der Waals surface area (Å²) in [4.78, 5) is 14.0. The van der Waals surface area contributed by atoms with Crippen molar-refractivity contribution in [3.63, 3.8) is 0 Å². The molecule has 0 aromatic carbocycles. The highest BCUT2D eigenvalue weighted by molar-refractivity contribution is 5.93. The van der Waals surface area contributed by atoms with Gasteiger partial charge in [-0.15, -0.1) is 0 Å². The van der Waals surface area contributed by atoms with Crippen LogP contribution in [0.15, 0.2) is 10.6 Å². The molecule has 1 aliphatic rings. The molecule has 2 rings (SSSR count). The highest BCUT2D eigenvalue weighted by atomic mass is 16.5. The van der Waals surface area contributed by atoms with Crippen LogP contribution in [0.1, 0.15) is 12.7 Å². The molecule has 0 radical (unpaired) electrons. The van der Waals surface area contributed by atoms with Gasteiger partial charge in [0, 0.05) is 19.2 Å². The van der Waals surface area contributed by atoms with Crippen molar-refractivity contribution in [1.29, 1.82) is 0 Å². The lowest BCUT2D eigenvalue weighted by Gasteiger charge is -2.31. The van der Waals surface area contributed by atoms with Crippen LogP contribution in [0, 0.1) is 6.92 Å². The molecule has 1 N–H and O–H groups in total. The van der Waals surface area contributed by atoms with Crippen LogP contribution >= 0.6 is 0 Å². The summed E-state index contributed by atoms with van der Waals surface area (Å²) in [5.74, 6) is 1.08. The Morgan fingerprint density at radius 3 is 2.82 bits per heavy atom. The Morgan fingerprint density at radius 2 is 2.24 bits per heavy atom. The Labute approximate surface area is 99.9 Å². The predicted molar refractivity (Wildman–Crippen MR) is 61.7 cm³/mol. The van der Waals surface area contributed by atoms with Crippen molar-refractivity contribution in [1.82, 2.24) is 10.1 Å². The third-order valence-electron chi connectivity index (χ3n) is 2.85. The van der Waals surface area contributed by atoms with Crippen molar-refractivity contribution >= 4 is 11.7 Å². The van der Waals surface area contributed by atoms with Crippen molar-refractivity contribution in [2.75, 3.05) is 31.6 Å². The van der Waals surface area contributed by atoms with Gasteiger partial charge in [-0.1, -0.05) is 5.16 Å². The summed E-state index contributed by atoms with van der Waals surface area (Å²) in [7, 11) is 0. The number of nitrogens with one attached hydrogen (secondary N) is 1. The molecule has 1 saturated heterocycles. The van der Waals surface area contributed by atoms with Gasteiger partial charge in [0.1, 0.15) is 5.76 Å². The van der Waals surface area contributed by atoms with Crippen molar-refractivity contribution in [3.05, 3.63) is 11.8 Å². The highest BCUT2D eigenvalue weighted by Crippen LogP contribution is 2.10. The van der Waals surface area contributed by atoms with E-state index in [1.807, 2.05) is 6.92 Å². The minimum Gasteiger partial charge on any atom is -0.379 e. The molecule has 1 aromatic heterocycles. The van der Waals surface area contributed by atoms with Gasteiger partial charge in [-0.25, -0.2) is 0 Å². The molecule has 94 valence electrons. The first-order chi connectivity index (χ1) is 8.16. The summed E-state index contributed by atoms with van der Waals surface area (Å²) in [6, 6.07) is 1.51. The molecule has 6 heteroatoms. The first-order valence-electron chi connectivity index (χ1n) is 5.73. The number of nitrogens with zero attached hydrogens (tertiary/aromatic N) is 2. The monoisotopic (exact) mass is 239 g/mol. The zero-order chi connectivity index (χ0) is 12.3. The van der Waals surface area contributed by atoms with Crippen LogP contribution in [0.4, 0.5) is 5.82 Å². The summed E-state index contributed by atoms with van der Waals surface area (Å²) < 4.78 is 10.1. The van der Waals surface area contributed by atoms with Gasteiger partial charge in [-0.2, -0.15) is 0 Å². The number of morpholine rings is 1. The second kappa shape index (κ2) is 5.29. The van der Waals surface area contributed by atoms with Crippen molar-refractivity contribution in [2.45, 2.75) is 19.9 Å². The van der Waals surface area contributed by atoms with Crippen molar-refractivity contribution in [3.8, 4) is 0 Å². The van der Waals surface area contributed by atoms with Gasteiger partial charge in [0.25, 0.3) is 0 Å². The van der Waals surface area contributed by atoms with E-state index in [0.29, 0.717) is 24.8 Å². The number of aryl methyl sites for hydroxylation is 1. The fraction of sp³-hybridized carbons (Fsp3) is 0.636. The number of hydrogen-bond acceptors (Lipinski definition) is 5. The average molecular weight is 239 g/mol. The SMILES string of the molecule is Cc1cc(NC(=O)[C@H](C)N2CCOCC2)no1. The summed E-state index contributed by atoms with van der Waals surface area (Å²) in [6.45, 7) is 6.60. The van der Waals surface area contributed by atoms with Crippen LogP contribution in [0.5, 0.6) is 0 Å². The van der Waals surface area contributed by atoms with E-state index in [9.17, 15) is 4.79 Å². The number of anilines is 1. The van der Waals surface area contributed by atoms with Crippen molar-refractivity contribution in [2.24, 2.45) is 0 Å². The Kier molecular flexibility index (Phi) is 3.75. The number of amides is 1. The zero-order valence-electron chi connectivity index (χ0n) is 10.1. The molecule has 0 unspecified atom stereocenters. The maximum atomic E-state index is 11.9. The van der Waals surface area contributed by atoms with E-state index in [0.717, 1.165) is 13.1 Å². The van der Waals surface area contributed by atoms with E-state index in [1.165, 1.54) is 0 Å².